The fourth-order valence-corrected chi connectivity index (χ4v) is 4.11. The number of aromatic nitrogens is 1. The van der Waals surface area contributed by atoms with Crippen LogP contribution in [0.15, 0.2) is 17.2 Å². The van der Waals surface area contributed by atoms with Crippen molar-refractivity contribution in [3.05, 3.63) is 18.0 Å². The lowest BCUT2D eigenvalue weighted by molar-refractivity contribution is 0.319. The third kappa shape index (κ3) is 4.31. The Balaban J connectivity index is 2.12. The largest absolute Gasteiger partial charge is 0.363 e. The zero-order valence-electron chi connectivity index (χ0n) is 13.4. The third-order valence-corrected chi connectivity index (χ3v) is 5.62. The molecule has 21 heavy (non-hydrogen) atoms. The first-order valence-electron chi connectivity index (χ1n) is 7.73. The number of nitrogens with one attached hydrogen (secondary N) is 2. The van der Waals surface area contributed by atoms with E-state index in [1.54, 1.807) is 16.6 Å². The Labute approximate surface area is 128 Å². The first kappa shape index (κ1) is 16.5. The van der Waals surface area contributed by atoms with E-state index < -0.39 is 10.0 Å². The van der Waals surface area contributed by atoms with Crippen molar-refractivity contribution in [1.29, 1.82) is 0 Å². The minimum atomic E-state index is -3.42. The van der Waals surface area contributed by atoms with Gasteiger partial charge in [0.15, 0.2) is 0 Å². The second-order valence-electron chi connectivity index (χ2n) is 6.58. The molecule has 0 aromatic carbocycles. The van der Waals surface area contributed by atoms with Crippen molar-refractivity contribution < 1.29 is 8.42 Å². The summed E-state index contributed by atoms with van der Waals surface area (Å²) in [7, 11) is -3.42. The summed E-state index contributed by atoms with van der Waals surface area (Å²) in [5.74, 6) is 0.303. The van der Waals surface area contributed by atoms with Crippen LogP contribution in [0.5, 0.6) is 0 Å². The maximum atomic E-state index is 12.8. The Kier molecular flexibility index (Phi) is 5.11. The van der Waals surface area contributed by atoms with Gasteiger partial charge in [0, 0.05) is 37.1 Å². The second-order valence-corrected chi connectivity index (χ2v) is 8.47. The first-order chi connectivity index (χ1) is 9.80. The van der Waals surface area contributed by atoms with E-state index in [0.717, 1.165) is 5.69 Å². The molecule has 0 spiro atoms. The molecular formula is C15H27N3O2S. The molecule has 0 bridgehead atoms. The monoisotopic (exact) mass is 313 g/mol. The SMILES string of the molecule is CC(C)CN(C(C)C)S(=O)(=O)c1c[nH]c(CNC2CC2)c1. The summed E-state index contributed by atoms with van der Waals surface area (Å²) in [4.78, 5) is 3.44. The predicted octanol–water partition coefficient (Wildman–Crippen LogP) is 2.32. The number of sulfonamides is 1. The summed E-state index contributed by atoms with van der Waals surface area (Å²) in [6.45, 7) is 9.15. The topological polar surface area (TPSA) is 65.2 Å². The van der Waals surface area contributed by atoms with E-state index in [1.165, 1.54) is 12.8 Å². The molecule has 5 nitrogen and oxygen atoms in total. The Hall–Kier alpha value is -0.850. The Morgan fingerprint density at radius 2 is 2.00 bits per heavy atom. The number of aromatic amines is 1. The molecule has 0 saturated heterocycles. The van der Waals surface area contributed by atoms with Gasteiger partial charge in [-0.15, -0.1) is 0 Å². The number of hydrogen-bond donors (Lipinski definition) is 2. The molecule has 2 N–H and O–H groups in total. The molecule has 1 aromatic rings. The van der Waals surface area contributed by atoms with Crippen molar-refractivity contribution >= 4 is 10.0 Å². The van der Waals surface area contributed by atoms with Crippen LogP contribution in [0.2, 0.25) is 0 Å². The van der Waals surface area contributed by atoms with E-state index in [0.29, 0.717) is 29.9 Å². The van der Waals surface area contributed by atoms with E-state index in [2.05, 4.69) is 10.3 Å². The van der Waals surface area contributed by atoms with Gasteiger partial charge in [-0.3, -0.25) is 0 Å². The molecule has 6 heteroatoms. The average molecular weight is 313 g/mol. The van der Waals surface area contributed by atoms with Crippen LogP contribution in [0.4, 0.5) is 0 Å². The van der Waals surface area contributed by atoms with Gasteiger partial charge in [-0.05, 0) is 38.7 Å². The van der Waals surface area contributed by atoms with Gasteiger partial charge >= 0.3 is 0 Å². The Bertz CT molecular complexity index is 559. The van der Waals surface area contributed by atoms with Gasteiger partial charge in [-0.25, -0.2) is 8.42 Å². The van der Waals surface area contributed by atoms with Gasteiger partial charge < -0.3 is 10.3 Å². The number of rotatable bonds is 8. The predicted molar refractivity (Wildman–Crippen MR) is 84.5 cm³/mol. The molecule has 1 saturated carbocycles. The van der Waals surface area contributed by atoms with Crippen LogP contribution in [0.1, 0.15) is 46.2 Å². The zero-order chi connectivity index (χ0) is 15.6. The normalized spacial score (nSPS) is 16.3. The van der Waals surface area contributed by atoms with E-state index in [9.17, 15) is 8.42 Å². The van der Waals surface area contributed by atoms with Crippen LogP contribution < -0.4 is 5.32 Å². The molecular weight excluding hydrogens is 286 g/mol. The maximum Gasteiger partial charge on any atom is 0.244 e. The van der Waals surface area contributed by atoms with Crippen molar-refractivity contribution in [1.82, 2.24) is 14.6 Å². The smallest absolute Gasteiger partial charge is 0.244 e. The number of nitrogens with zero attached hydrogens (tertiary/aromatic N) is 1. The van der Waals surface area contributed by atoms with E-state index in [4.69, 9.17) is 0 Å². The lowest BCUT2D eigenvalue weighted by Gasteiger charge is -2.27. The van der Waals surface area contributed by atoms with E-state index in [1.807, 2.05) is 27.7 Å². The van der Waals surface area contributed by atoms with Gasteiger partial charge in [0.1, 0.15) is 0 Å². The maximum absolute atomic E-state index is 12.8. The molecule has 1 aliphatic carbocycles. The van der Waals surface area contributed by atoms with E-state index in [-0.39, 0.29) is 6.04 Å². The molecule has 0 atom stereocenters. The van der Waals surface area contributed by atoms with Gasteiger partial charge in [-0.1, -0.05) is 13.8 Å². The summed E-state index contributed by atoms with van der Waals surface area (Å²) in [6.07, 6.45) is 4.05. The van der Waals surface area contributed by atoms with Crippen LogP contribution in [0, 0.1) is 5.92 Å². The third-order valence-electron chi connectivity index (χ3n) is 3.60. The van der Waals surface area contributed by atoms with Gasteiger partial charge in [0.05, 0.1) is 4.90 Å². The zero-order valence-corrected chi connectivity index (χ0v) is 14.2. The highest BCUT2D eigenvalue weighted by Gasteiger charge is 2.28. The van der Waals surface area contributed by atoms with Crippen molar-refractivity contribution in [2.24, 2.45) is 5.92 Å². The lowest BCUT2D eigenvalue weighted by atomic mass is 10.2. The van der Waals surface area contributed by atoms with E-state index >= 15 is 0 Å². The van der Waals surface area contributed by atoms with Crippen LogP contribution in [-0.2, 0) is 16.6 Å². The number of hydrogen-bond acceptors (Lipinski definition) is 3. The highest BCUT2D eigenvalue weighted by Crippen LogP contribution is 2.22. The van der Waals surface area contributed by atoms with Crippen LogP contribution in [-0.4, -0.2) is 36.3 Å². The fourth-order valence-electron chi connectivity index (χ4n) is 2.29. The first-order valence-corrected chi connectivity index (χ1v) is 9.17. The molecule has 1 aromatic heterocycles. The van der Waals surface area contributed by atoms with Gasteiger partial charge in [-0.2, -0.15) is 4.31 Å². The quantitative estimate of drug-likeness (QED) is 0.774. The van der Waals surface area contributed by atoms with Crippen molar-refractivity contribution in [3.63, 3.8) is 0 Å². The standard InChI is InChI=1S/C15H27N3O2S/c1-11(2)10-18(12(3)4)21(19,20)15-7-14(17-9-15)8-16-13-5-6-13/h7,9,11-13,16-17H,5-6,8,10H2,1-4H3. The molecule has 1 fully saturated rings. The summed E-state index contributed by atoms with van der Waals surface area (Å²) >= 11 is 0. The minimum Gasteiger partial charge on any atom is -0.363 e. The van der Waals surface area contributed by atoms with Gasteiger partial charge in [0.25, 0.3) is 0 Å². The summed E-state index contributed by atoms with van der Waals surface area (Å²) in [5.41, 5.74) is 0.925. The molecule has 0 aliphatic heterocycles. The van der Waals surface area contributed by atoms with Crippen LogP contribution in [0.25, 0.3) is 0 Å². The molecule has 2 rings (SSSR count). The molecule has 0 amide bonds. The van der Waals surface area contributed by atoms with Crippen LogP contribution >= 0.6 is 0 Å². The highest BCUT2D eigenvalue weighted by molar-refractivity contribution is 7.89. The summed E-state index contributed by atoms with van der Waals surface area (Å²) < 4.78 is 27.1. The lowest BCUT2D eigenvalue weighted by Crippen LogP contribution is -2.39. The highest BCUT2D eigenvalue weighted by atomic mass is 32.2. The summed E-state index contributed by atoms with van der Waals surface area (Å²) in [6, 6.07) is 2.32. The molecule has 0 unspecified atom stereocenters. The minimum absolute atomic E-state index is 0.0414. The Morgan fingerprint density at radius 1 is 1.33 bits per heavy atom. The molecule has 0 radical (unpaired) electrons. The van der Waals surface area contributed by atoms with Crippen molar-refractivity contribution in [3.8, 4) is 0 Å². The average Bonchev–Trinajstić information content (AvgIpc) is 3.09. The van der Waals surface area contributed by atoms with Crippen molar-refractivity contribution in [2.45, 2.75) is 64.1 Å². The molecule has 1 heterocycles. The summed E-state index contributed by atoms with van der Waals surface area (Å²) in [5, 5.41) is 3.38. The fraction of sp³-hybridized carbons (Fsp3) is 0.733. The second kappa shape index (κ2) is 6.50. The number of H-pyrrole nitrogens is 1. The van der Waals surface area contributed by atoms with Crippen molar-refractivity contribution in [2.75, 3.05) is 6.54 Å². The molecule has 120 valence electrons. The van der Waals surface area contributed by atoms with Gasteiger partial charge in [0.2, 0.25) is 10.0 Å². The molecule has 1 aliphatic rings. The Morgan fingerprint density at radius 3 is 2.52 bits per heavy atom. The van der Waals surface area contributed by atoms with Crippen LogP contribution in [0.3, 0.4) is 0 Å².